The van der Waals surface area contributed by atoms with Crippen molar-refractivity contribution in [1.29, 1.82) is 0 Å². The van der Waals surface area contributed by atoms with E-state index in [-0.39, 0.29) is 17.6 Å². The second-order valence-electron chi connectivity index (χ2n) is 7.52. The number of nitrogens with one attached hydrogen (secondary N) is 1. The minimum Gasteiger partial charge on any atom is -0.303 e. The van der Waals surface area contributed by atoms with Crippen molar-refractivity contribution in [3.63, 3.8) is 0 Å². The van der Waals surface area contributed by atoms with Crippen LogP contribution in [0.25, 0.3) is 10.8 Å². The third kappa shape index (κ3) is 3.63. The Balaban J connectivity index is 1.27. The van der Waals surface area contributed by atoms with E-state index in [1.165, 1.54) is 18.3 Å². The second-order valence-corrected chi connectivity index (χ2v) is 7.52. The first-order chi connectivity index (χ1) is 15.6. The molecule has 0 aromatic heterocycles. The molecule has 6 heteroatoms. The molecule has 0 fully saturated rings. The monoisotopic (exact) mass is 423 g/mol. The minimum atomic E-state index is -0.357. The first-order valence-electron chi connectivity index (χ1n) is 10.1. The van der Waals surface area contributed by atoms with Gasteiger partial charge in [-0.1, -0.05) is 48.5 Å². The van der Waals surface area contributed by atoms with E-state index in [0.717, 1.165) is 22.0 Å². The summed E-state index contributed by atoms with van der Waals surface area (Å²) in [5, 5.41) is 5.93. The Morgan fingerprint density at radius 2 is 1.66 bits per heavy atom. The van der Waals surface area contributed by atoms with Gasteiger partial charge in [0.15, 0.2) is 0 Å². The summed E-state index contributed by atoms with van der Waals surface area (Å²) in [6.07, 6.45) is 1.45. The van der Waals surface area contributed by atoms with Gasteiger partial charge in [0.1, 0.15) is 5.82 Å². The number of carbonyl (C=O) groups is 2. The van der Waals surface area contributed by atoms with Crippen LogP contribution in [-0.4, -0.2) is 18.0 Å². The van der Waals surface area contributed by atoms with Crippen molar-refractivity contribution in [3.8, 4) is 0 Å². The van der Waals surface area contributed by atoms with Crippen LogP contribution in [0.5, 0.6) is 0 Å². The maximum Gasteiger partial charge on any atom is 0.271 e. The Bertz CT molecular complexity index is 1360. The Kier molecular flexibility index (Phi) is 4.95. The summed E-state index contributed by atoms with van der Waals surface area (Å²) in [7, 11) is 0. The van der Waals surface area contributed by atoms with Crippen LogP contribution in [0.2, 0.25) is 0 Å². The molecule has 0 saturated carbocycles. The van der Waals surface area contributed by atoms with E-state index in [9.17, 15) is 14.0 Å². The van der Waals surface area contributed by atoms with Gasteiger partial charge in [-0.2, -0.15) is 5.10 Å². The quantitative estimate of drug-likeness (QED) is 0.367. The predicted octanol–water partition coefficient (Wildman–Crippen LogP) is 4.90. The molecule has 0 bridgehead atoms. The Morgan fingerprint density at radius 3 is 2.41 bits per heavy atom. The summed E-state index contributed by atoms with van der Waals surface area (Å²) in [5.74, 6) is -0.708. The van der Waals surface area contributed by atoms with Crippen LogP contribution in [-0.2, 0) is 6.54 Å². The average molecular weight is 423 g/mol. The number of rotatable bonds is 5. The number of halogens is 1. The van der Waals surface area contributed by atoms with E-state index in [4.69, 9.17) is 0 Å². The van der Waals surface area contributed by atoms with Crippen molar-refractivity contribution < 1.29 is 14.0 Å². The molecule has 156 valence electrons. The normalized spacial score (nSPS) is 12.7. The summed E-state index contributed by atoms with van der Waals surface area (Å²) in [6, 6.07) is 24.5. The molecule has 32 heavy (non-hydrogen) atoms. The molecule has 0 radical (unpaired) electrons. The van der Waals surface area contributed by atoms with Crippen LogP contribution in [0.15, 0.2) is 90.0 Å². The smallest absolute Gasteiger partial charge is 0.271 e. The van der Waals surface area contributed by atoms with Crippen molar-refractivity contribution in [2.75, 3.05) is 4.90 Å². The summed E-state index contributed by atoms with van der Waals surface area (Å²) in [5.41, 5.74) is 6.11. The van der Waals surface area contributed by atoms with Gasteiger partial charge in [0.25, 0.3) is 11.8 Å². The number of amides is 2. The SMILES string of the molecule is O=C(NN=Cc1ccc(F)cc1)c1ccc(CN2C(=O)c3cccc4cccc2c34)cc1. The van der Waals surface area contributed by atoms with Crippen LogP contribution in [0.4, 0.5) is 10.1 Å². The first kappa shape index (κ1) is 19.6. The van der Waals surface area contributed by atoms with Crippen LogP contribution in [0.3, 0.4) is 0 Å². The number of carbonyl (C=O) groups excluding carboxylic acids is 2. The van der Waals surface area contributed by atoms with Gasteiger partial charge >= 0.3 is 0 Å². The number of hydrogen-bond donors (Lipinski definition) is 1. The summed E-state index contributed by atoms with van der Waals surface area (Å²) in [6.45, 7) is 0.414. The molecule has 5 nitrogen and oxygen atoms in total. The molecule has 1 aliphatic heterocycles. The van der Waals surface area contributed by atoms with Gasteiger partial charge in [-0.05, 0) is 52.9 Å². The molecule has 1 N–H and O–H groups in total. The largest absolute Gasteiger partial charge is 0.303 e. The number of anilines is 1. The lowest BCUT2D eigenvalue weighted by molar-refractivity contribution is 0.0953. The number of hydrogen-bond acceptors (Lipinski definition) is 3. The zero-order valence-electron chi connectivity index (χ0n) is 17.0. The molecule has 4 aromatic carbocycles. The summed E-state index contributed by atoms with van der Waals surface area (Å²) in [4.78, 5) is 27.0. The van der Waals surface area contributed by atoms with Crippen molar-refractivity contribution in [3.05, 3.63) is 113 Å². The minimum absolute atomic E-state index is 0.0197. The fourth-order valence-corrected chi connectivity index (χ4v) is 3.86. The van der Waals surface area contributed by atoms with E-state index >= 15 is 0 Å². The molecule has 1 aliphatic rings. The highest BCUT2D eigenvalue weighted by Gasteiger charge is 2.29. The Hall–Kier alpha value is -4.32. The van der Waals surface area contributed by atoms with E-state index in [2.05, 4.69) is 10.5 Å². The van der Waals surface area contributed by atoms with Crippen molar-refractivity contribution >= 4 is 34.5 Å². The predicted molar refractivity (Wildman–Crippen MR) is 122 cm³/mol. The summed E-state index contributed by atoms with van der Waals surface area (Å²) >= 11 is 0. The van der Waals surface area contributed by atoms with E-state index in [1.54, 1.807) is 29.2 Å². The van der Waals surface area contributed by atoms with Gasteiger partial charge in [0.2, 0.25) is 0 Å². The van der Waals surface area contributed by atoms with Crippen LogP contribution in [0.1, 0.15) is 31.8 Å². The van der Waals surface area contributed by atoms with Crippen molar-refractivity contribution in [2.45, 2.75) is 6.54 Å². The van der Waals surface area contributed by atoms with Crippen LogP contribution in [0, 0.1) is 5.82 Å². The standard InChI is InChI=1S/C26H18FN3O2/c27-21-13-9-17(10-14-21)15-28-29-25(31)20-11-7-18(8-12-20)16-30-23-6-2-4-19-3-1-5-22(24(19)23)26(30)32/h1-15H,16H2,(H,29,31). The highest BCUT2D eigenvalue weighted by atomic mass is 19.1. The molecular formula is C26H18FN3O2. The van der Waals surface area contributed by atoms with Crippen LogP contribution >= 0.6 is 0 Å². The molecule has 0 spiro atoms. The van der Waals surface area contributed by atoms with E-state index < -0.39 is 0 Å². The fourth-order valence-electron chi connectivity index (χ4n) is 3.86. The molecule has 5 rings (SSSR count). The number of nitrogens with zero attached hydrogens (tertiary/aromatic N) is 2. The third-order valence-electron chi connectivity index (χ3n) is 5.46. The Labute approximate surface area is 183 Å². The van der Waals surface area contributed by atoms with Crippen LogP contribution < -0.4 is 10.3 Å². The maximum absolute atomic E-state index is 12.9. The van der Waals surface area contributed by atoms with Gasteiger partial charge in [-0.3, -0.25) is 9.59 Å². The lowest BCUT2D eigenvalue weighted by Crippen LogP contribution is -2.26. The first-order valence-corrected chi connectivity index (χ1v) is 10.1. The number of benzene rings is 4. The van der Waals surface area contributed by atoms with E-state index in [1.807, 2.05) is 48.5 Å². The maximum atomic E-state index is 12.9. The molecule has 1 heterocycles. The number of hydrazone groups is 1. The second kappa shape index (κ2) is 8.07. The lowest BCUT2D eigenvalue weighted by atomic mass is 10.1. The molecule has 4 aromatic rings. The van der Waals surface area contributed by atoms with Gasteiger partial charge in [-0.15, -0.1) is 0 Å². The van der Waals surface area contributed by atoms with Crippen molar-refractivity contribution in [1.82, 2.24) is 5.43 Å². The van der Waals surface area contributed by atoms with Gasteiger partial charge in [0.05, 0.1) is 18.4 Å². The lowest BCUT2D eigenvalue weighted by Gasteiger charge is -2.18. The van der Waals surface area contributed by atoms with Gasteiger partial charge in [-0.25, -0.2) is 9.82 Å². The molecule has 0 saturated heterocycles. The average Bonchev–Trinajstić information content (AvgIpc) is 3.09. The zero-order valence-corrected chi connectivity index (χ0v) is 17.0. The van der Waals surface area contributed by atoms with Gasteiger partial charge in [0, 0.05) is 16.5 Å². The molecule has 2 amide bonds. The summed E-state index contributed by atoms with van der Waals surface area (Å²) < 4.78 is 12.9. The highest BCUT2D eigenvalue weighted by molar-refractivity contribution is 6.24. The Morgan fingerprint density at radius 1 is 0.938 bits per heavy atom. The zero-order chi connectivity index (χ0) is 22.1. The van der Waals surface area contributed by atoms with Gasteiger partial charge < -0.3 is 4.90 Å². The van der Waals surface area contributed by atoms with E-state index in [0.29, 0.717) is 23.2 Å². The third-order valence-corrected chi connectivity index (χ3v) is 5.46. The fraction of sp³-hybridized carbons (Fsp3) is 0.0385. The highest BCUT2D eigenvalue weighted by Crippen LogP contribution is 2.37. The molecule has 0 aliphatic carbocycles. The topological polar surface area (TPSA) is 61.8 Å². The molecular weight excluding hydrogens is 405 g/mol. The molecule has 0 unspecified atom stereocenters. The van der Waals surface area contributed by atoms with Crippen molar-refractivity contribution in [2.24, 2.45) is 5.10 Å². The molecule has 0 atom stereocenters.